The summed E-state index contributed by atoms with van der Waals surface area (Å²) in [5.74, 6) is 4.72. The Hall–Kier alpha value is 0.700. The molecule has 0 aliphatic carbocycles. The summed E-state index contributed by atoms with van der Waals surface area (Å²) in [5.41, 5.74) is 0. The van der Waals surface area contributed by atoms with Crippen molar-refractivity contribution < 1.29 is 0 Å². The molecule has 0 bridgehead atoms. The molecule has 0 saturated carbocycles. The summed E-state index contributed by atoms with van der Waals surface area (Å²) in [6, 6.07) is 0. The maximum Gasteiger partial charge on any atom is 0.00443 e. The molecule has 0 N–H and O–H groups in total. The Bertz CT molecular complexity index is 142. The molecule has 2 heteroatoms. The van der Waals surface area contributed by atoms with E-state index < -0.39 is 0 Å². The lowest BCUT2D eigenvalue weighted by Crippen LogP contribution is -2.15. The lowest BCUT2D eigenvalue weighted by atomic mass is 10.0. The molecule has 20 heavy (non-hydrogen) atoms. The first kappa shape index (κ1) is 23.0. The van der Waals surface area contributed by atoms with Gasteiger partial charge in [0.2, 0.25) is 0 Å². The van der Waals surface area contributed by atoms with Crippen LogP contribution in [0.1, 0.15) is 81.1 Å². The molecular formula is C18H40S2. The van der Waals surface area contributed by atoms with E-state index in [4.69, 9.17) is 0 Å². The third kappa shape index (κ3) is 11.4. The van der Waals surface area contributed by atoms with Crippen molar-refractivity contribution in [2.45, 2.75) is 91.6 Å². The first-order chi connectivity index (χ1) is 9.61. The molecule has 0 aromatic heterocycles. The zero-order chi connectivity index (χ0) is 16.0. The van der Waals surface area contributed by atoms with Crippen molar-refractivity contribution >= 4 is 23.5 Å². The second-order valence-corrected chi connectivity index (χ2v) is 8.36. The highest BCUT2D eigenvalue weighted by Gasteiger charge is 2.16. The van der Waals surface area contributed by atoms with Crippen LogP contribution in [0.4, 0.5) is 0 Å². The van der Waals surface area contributed by atoms with Gasteiger partial charge in [-0.25, -0.2) is 0 Å². The largest absolute Gasteiger partial charge is 0.159 e. The fourth-order valence-electron chi connectivity index (χ4n) is 2.15. The molecule has 0 nitrogen and oxygen atoms in total. The lowest BCUT2D eigenvalue weighted by Gasteiger charge is -2.24. The molecule has 0 aromatic rings. The van der Waals surface area contributed by atoms with Crippen LogP contribution < -0.4 is 0 Å². The van der Waals surface area contributed by atoms with Crippen molar-refractivity contribution in [2.24, 2.45) is 11.8 Å². The number of thioether (sulfide) groups is 2. The van der Waals surface area contributed by atoms with Gasteiger partial charge in [0.15, 0.2) is 0 Å². The Morgan fingerprint density at radius 3 is 1.05 bits per heavy atom. The van der Waals surface area contributed by atoms with Gasteiger partial charge in [-0.2, -0.15) is 23.5 Å². The van der Waals surface area contributed by atoms with Crippen LogP contribution in [0.5, 0.6) is 0 Å². The molecule has 2 fully saturated rings. The average molecular weight is 321 g/mol. The molecule has 2 aliphatic heterocycles. The number of rotatable bonds is 0. The smallest absolute Gasteiger partial charge is 0.00443 e. The van der Waals surface area contributed by atoms with Gasteiger partial charge in [0.25, 0.3) is 0 Å². The van der Waals surface area contributed by atoms with Crippen LogP contribution in [0.25, 0.3) is 0 Å². The van der Waals surface area contributed by atoms with E-state index in [0.29, 0.717) is 0 Å². The average Bonchev–Trinajstić information content (AvgIpc) is 2.50. The fraction of sp³-hybridized carbons (Fsp3) is 1.00. The van der Waals surface area contributed by atoms with Gasteiger partial charge in [-0.05, 0) is 49.0 Å². The van der Waals surface area contributed by atoms with Crippen LogP contribution >= 0.6 is 23.5 Å². The van der Waals surface area contributed by atoms with Crippen LogP contribution in [0.2, 0.25) is 0 Å². The van der Waals surface area contributed by atoms with E-state index in [-0.39, 0.29) is 0 Å². The number of hydrogen-bond donors (Lipinski definition) is 0. The summed E-state index contributed by atoms with van der Waals surface area (Å²) in [4.78, 5) is 0. The van der Waals surface area contributed by atoms with Gasteiger partial charge in [-0.3, -0.25) is 0 Å². The lowest BCUT2D eigenvalue weighted by molar-refractivity contribution is 0.507. The highest BCUT2D eigenvalue weighted by molar-refractivity contribution is 8.00. The van der Waals surface area contributed by atoms with Crippen LogP contribution in [0, 0.1) is 11.8 Å². The normalized spacial score (nSPS) is 32.4. The topological polar surface area (TPSA) is 0 Å². The van der Waals surface area contributed by atoms with Crippen molar-refractivity contribution in [3.8, 4) is 0 Å². The Balaban J connectivity index is 0. The predicted octanol–water partition coefficient (Wildman–Crippen LogP) is 7.13. The van der Waals surface area contributed by atoms with Crippen LogP contribution in [-0.4, -0.2) is 22.0 Å². The molecule has 2 heterocycles. The van der Waals surface area contributed by atoms with E-state index >= 15 is 0 Å². The molecule has 2 saturated heterocycles. The molecule has 0 aromatic carbocycles. The van der Waals surface area contributed by atoms with Gasteiger partial charge >= 0.3 is 0 Å². The van der Waals surface area contributed by atoms with Crippen LogP contribution in [0.15, 0.2) is 0 Å². The molecule has 124 valence electrons. The minimum atomic E-state index is 0.920. The van der Waals surface area contributed by atoms with Gasteiger partial charge in [0.05, 0.1) is 0 Å². The number of hydrogen-bond acceptors (Lipinski definition) is 2. The molecule has 0 amide bonds. The maximum atomic E-state index is 2.36. The van der Waals surface area contributed by atoms with Crippen molar-refractivity contribution in [1.29, 1.82) is 0 Å². The van der Waals surface area contributed by atoms with Crippen molar-refractivity contribution in [3.63, 3.8) is 0 Å². The first-order valence-electron chi connectivity index (χ1n) is 8.84. The highest BCUT2D eigenvalue weighted by atomic mass is 32.2. The van der Waals surface area contributed by atoms with E-state index in [1.165, 1.54) is 37.2 Å². The van der Waals surface area contributed by atoms with Gasteiger partial charge in [0.1, 0.15) is 0 Å². The molecule has 2 aliphatic rings. The van der Waals surface area contributed by atoms with Crippen molar-refractivity contribution in [3.05, 3.63) is 0 Å². The Labute approximate surface area is 138 Å². The Morgan fingerprint density at radius 1 is 0.600 bits per heavy atom. The van der Waals surface area contributed by atoms with E-state index in [9.17, 15) is 0 Å². The highest BCUT2D eigenvalue weighted by Crippen LogP contribution is 2.29. The summed E-state index contributed by atoms with van der Waals surface area (Å²) in [7, 11) is 0. The van der Waals surface area contributed by atoms with Crippen LogP contribution in [-0.2, 0) is 0 Å². The van der Waals surface area contributed by atoms with Gasteiger partial charge in [0, 0.05) is 10.5 Å². The molecule has 0 spiro atoms. The monoisotopic (exact) mass is 320 g/mol. The Morgan fingerprint density at radius 2 is 0.900 bits per heavy atom. The molecule has 4 atom stereocenters. The third-order valence-corrected chi connectivity index (χ3v) is 7.00. The van der Waals surface area contributed by atoms with E-state index in [0.717, 1.165) is 22.3 Å². The first-order valence-corrected chi connectivity index (χ1v) is 10.9. The van der Waals surface area contributed by atoms with Gasteiger partial charge < -0.3 is 0 Å². The summed E-state index contributed by atoms with van der Waals surface area (Å²) < 4.78 is 0. The third-order valence-electron chi connectivity index (χ3n) is 3.97. The second kappa shape index (κ2) is 16.1. The summed E-state index contributed by atoms with van der Waals surface area (Å²) in [6.07, 6.45) is 5.79. The molecular weight excluding hydrogens is 280 g/mol. The zero-order valence-electron chi connectivity index (χ0n) is 15.4. The minimum Gasteiger partial charge on any atom is -0.159 e. The quantitative estimate of drug-likeness (QED) is 0.465. The zero-order valence-corrected chi connectivity index (χ0v) is 17.0. The Kier molecular flexibility index (Phi) is 18.5. The van der Waals surface area contributed by atoms with E-state index in [1.807, 2.05) is 27.7 Å². The standard InChI is InChI=1S/2C7H14S.2C2H6/c2*1-6-4-3-5-8-7(6)2;2*1-2/h2*6-7H,3-5H2,1-2H3;2*1-2H3. The van der Waals surface area contributed by atoms with E-state index in [1.54, 1.807) is 0 Å². The van der Waals surface area contributed by atoms with Gasteiger partial charge in [-0.15, -0.1) is 0 Å². The summed E-state index contributed by atoms with van der Waals surface area (Å²) in [6.45, 7) is 17.4. The van der Waals surface area contributed by atoms with E-state index in [2.05, 4.69) is 51.2 Å². The fourth-order valence-corrected chi connectivity index (χ4v) is 4.49. The molecule has 4 unspecified atom stereocenters. The van der Waals surface area contributed by atoms with Crippen molar-refractivity contribution in [1.82, 2.24) is 0 Å². The predicted molar refractivity (Wildman–Crippen MR) is 103 cm³/mol. The molecule has 0 radical (unpaired) electrons. The summed E-state index contributed by atoms with van der Waals surface area (Å²) in [5, 5.41) is 1.84. The van der Waals surface area contributed by atoms with Crippen molar-refractivity contribution in [2.75, 3.05) is 11.5 Å². The van der Waals surface area contributed by atoms with Crippen LogP contribution in [0.3, 0.4) is 0 Å². The summed E-state index contributed by atoms with van der Waals surface area (Å²) >= 11 is 4.25. The second-order valence-electron chi connectivity index (χ2n) is 5.39. The minimum absolute atomic E-state index is 0.920. The maximum absolute atomic E-state index is 2.36. The van der Waals surface area contributed by atoms with Gasteiger partial charge in [-0.1, -0.05) is 55.4 Å². The molecule has 2 rings (SSSR count). The SMILES string of the molecule is CC.CC.CC1CCCSC1C.CC1CCCSC1C.